The highest BCUT2D eigenvalue weighted by atomic mass is 35.5. The first-order chi connectivity index (χ1) is 9.00. The Morgan fingerprint density at radius 3 is 2.68 bits per heavy atom. The van der Waals surface area contributed by atoms with Crippen LogP contribution in [0.25, 0.3) is 5.69 Å². The number of benzene rings is 1. The highest BCUT2D eigenvalue weighted by Crippen LogP contribution is 2.65. The fourth-order valence-corrected chi connectivity index (χ4v) is 3.52. The second-order valence-corrected chi connectivity index (χ2v) is 6.23. The van der Waals surface area contributed by atoms with Crippen LogP contribution in [0.5, 0.6) is 0 Å². The minimum Gasteiger partial charge on any atom is -0.325 e. The van der Waals surface area contributed by atoms with Gasteiger partial charge in [0, 0.05) is 17.0 Å². The molecule has 0 atom stereocenters. The Morgan fingerprint density at radius 1 is 1.32 bits per heavy atom. The molecule has 4 nitrogen and oxygen atoms in total. The van der Waals surface area contributed by atoms with E-state index < -0.39 is 5.82 Å². The van der Waals surface area contributed by atoms with E-state index in [0.717, 1.165) is 25.0 Å². The van der Waals surface area contributed by atoms with Crippen LogP contribution in [0.15, 0.2) is 24.4 Å². The van der Waals surface area contributed by atoms with Crippen molar-refractivity contribution in [1.82, 2.24) is 15.0 Å². The van der Waals surface area contributed by atoms with E-state index in [9.17, 15) is 4.39 Å². The Bertz CT molecular complexity index is 661. The quantitative estimate of drug-likeness (QED) is 0.916. The lowest BCUT2D eigenvalue weighted by Gasteiger charge is -2.68. The highest BCUT2D eigenvalue weighted by molar-refractivity contribution is 6.30. The first-order valence-electron chi connectivity index (χ1n) is 6.17. The van der Waals surface area contributed by atoms with E-state index in [-0.39, 0.29) is 16.0 Å². The van der Waals surface area contributed by atoms with E-state index in [1.165, 1.54) is 12.1 Å². The van der Waals surface area contributed by atoms with Gasteiger partial charge in [0.1, 0.15) is 5.82 Å². The maximum absolute atomic E-state index is 13.4. The lowest BCUT2D eigenvalue weighted by Crippen LogP contribution is -2.74. The van der Waals surface area contributed by atoms with Gasteiger partial charge in [-0.05, 0) is 31.4 Å². The predicted molar refractivity (Wildman–Crippen MR) is 68.8 cm³/mol. The summed E-state index contributed by atoms with van der Waals surface area (Å²) < 4.78 is 15.0. The monoisotopic (exact) mass is 278 g/mol. The maximum Gasteiger partial charge on any atom is 0.143 e. The molecule has 98 valence electrons. The fourth-order valence-electron chi connectivity index (χ4n) is 3.40. The molecule has 1 heterocycles. The molecule has 2 bridgehead atoms. The number of hydrogen-bond acceptors (Lipinski definition) is 3. The van der Waals surface area contributed by atoms with Gasteiger partial charge in [0.15, 0.2) is 0 Å². The van der Waals surface area contributed by atoms with Gasteiger partial charge < -0.3 is 5.73 Å². The summed E-state index contributed by atoms with van der Waals surface area (Å²) in [6.45, 7) is 0. The van der Waals surface area contributed by atoms with E-state index >= 15 is 0 Å². The van der Waals surface area contributed by atoms with Gasteiger partial charge in [0.2, 0.25) is 0 Å². The van der Waals surface area contributed by atoms with Gasteiger partial charge in [0.25, 0.3) is 0 Å². The molecule has 3 fully saturated rings. The molecule has 0 saturated heterocycles. The minimum atomic E-state index is -0.456. The second-order valence-electron chi connectivity index (χ2n) is 5.82. The molecule has 19 heavy (non-hydrogen) atoms. The van der Waals surface area contributed by atoms with Crippen molar-refractivity contribution in [3.63, 3.8) is 0 Å². The summed E-state index contributed by atoms with van der Waals surface area (Å²) in [6.07, 6.45) is 4.80. The molecule has 3 aliphatic rings. The third-order valence-corrected chi connectivity index (χ3v) is 4.58. The Labute approximate surface area is 114 Å². The number of rotatable bonds is 2. The highest BCUT2D eigenvalue weighted by Gasteiger charge is 2.67. The van der Waals surface area contributed by atoms with Crippen LogP contribution < -0.4 is 5.73 Å². The molecule has 3 saturated carbocycles. The normalized spacial score (nSPS) is 31.7. The molecular formula is C13H12ClFN4. The maximum atomic E-state index is 13.4. The summed E-state index contributed by atoms with van der Waals surface area (Å²) >= 11 is 5.67. The van der Waals surface area contributed by atoms with Gasteiger partial charge in [-0.3, -0.25) is 0 Å². The molecular weight excluding hydrogens is 267 g/mol. The molecule has 0 radical (unpaired) electrons. The van der Waals surface area contributed by atoms with Crippen LogP contribution in [0.4, 0.5) is 4.39 Å². The van der Waals surface area contributed by atoms with Gasteiger partial charge in [-0.15, -0.1) is 5.10 Å². The Balaban J connectivity index is 1.66. The van der Waals surface area contributed by atoms with Gasteiger partial charge in [0.05, 0.1) is 22.6 Å². The molecule has 0 aliphatic heterocycles. The Hall–Kier alpha value is -1.46. The SMILES string of the molecule is NC12CC(c3cn(-c4ccc(Cl)c(F)c4)nn3)(C1)C2. The predicted octanol–water partition coefficient (Wildman–Crippen LogP) is 2.19. The van der Waals surface area contributed by atoms with Crippen molar-refractivity contribution in [2.24, 2.45) is 5.73 Å². The second kappa shape index (κ2) is 3.35. The Kier molecular flexibility index (Phi) is 2.00. The topological polar surface area (TPSA) is 56.7 Å². The fraction of sp³-hybridized carbons (Fsp3) is 0.385. The third-order valence-electron chi connectivity index (χ3n) is 4.28. The summed E-state index contributed by atoms with van der Waals surface area (Å²) in [6, 6.07) is 4.59. The van der Waals surface area contributed by atoms with Crippen molar-refractivity contribution in [1.29, 1.82) is 0 Å². The molecule has 3 aliphatic carbocycles. The molecule has 0 unspecified atom stereocenters. The molecule has 1 aromatic heterocycles. The zero-order valence-electron chi connectivity index (χ0n) is 10.1. The zero-order chi connectivity index (χ0) is 13.3. The van der Waals surface area contributed by atoms with Gasteiger partial charge in [-0.2, -0.15) is 0 Å². The van der Waals surface area contributed by atoms with Crippen molar-refractivity contribution >= 4 is 11.6 Å². The lowest BCUT2D eigenvalue weighted by atomic mass is 9.39. The molecule has 1 aromatic carbocycles. The van der Waals surface area contributed by atoms with Crippen molar-refractivity contribution in [3.8, 4) is 5.69 Å². The van der Waals surface area contributed by atoms with Crippen LogP contribution in [0.2, 0.25) is 5.02 Å². The Morgan fingerprint density at radius 2 is 2.05 bits per heavy atom. The van der Waals surface area contributed by atoms with Crippen LogP contribution in [-0.4, -0.2) is 20.5 Å². The molecule has 5 rings (SSSR count). The van der Waals surface area contributed by atoms with Crippen LogP contribution in [0, 0.1) is 5.82 Å². The lowest BCUT2D eigenvalue weighted by molar-refractivity contribution is -0.0620. The molecule has 0 spiro atoms. The smallest absolute Gasteiger partial charge is 0.143 e. The summed E-state index contributed by atoms with van der Waals surface area (Å²) in [7, 11) is 0. The number of hydrogen-bond donors (Lipinski definition) is 1. The van der Waals surface area contributed by atoms with E-state index in [1.807, 2.05) is 6.20 Å². The van der Waals surface area contributed by atoms with Crippen molar-refractivity contribution in [2.45, 2.75) is 30.2 Å². The zero-order valence-corrected chi connectivity index (χ0v) is 10.9. The summed E-state index contributed by atoms with van der Waals surface area (Å²) in [4.78, 5) is 0. The van der Waals surface area contributed by atoms with Gasteiger partial charge in [-0.1, -0.05) is 16.8 Å². The van der Waals surface area contributed by atoms with Crippen LogP contribution in [0.1, 0.15) is 25.0 Å². The van der Waals surface area contributed by atoms with Crippen LogP contribution >= 0.6 is 11.6 Å². The van der Waals surface area contributed by atoms with Crippen molar-refractivity contribution < 1.29 is 4.39 Å². The molecule has 2 aromatic rings. The van der Waals surface area contributed by atoms with E-state index in [0.29, 0.717) is 5.69 Å². The number of aromatic nitrogens is 3. The largest absolute Gasteiger partial charge is 0.325 e. The molecule has 0 amide bonds. The first kappa shape index (κ1) is 11.4. The standard InChI is InChI=1S/C13H12ClFN4/c14-9-2-1-8(3-10(9)15)19-4-11(17-18-19)12-5-13(16,6-12)7-12/h1-4H,5-7,16H2. The van der Waals surface area contributed by atoms with E-state index in [4.69, 9.17) is 17.3 Å². The summed E-state index contributed by atoms with van der Waals surface area (Å²) in [5.74, 6) is -0.456. The number of nitrogens with zero attached hydrogens (tertiary/aromatic N) is 3. The minimum absolute atomic E-state index is 0.0379. The van der Waals surface area contributed by atoms with Crippen LogP contribution in [0.3, 0.4) is 0 Å². The summed E-state index contributed by atoms with van der Waals surface area (Å²) in [5.41, 5.74) is 7.78. The van der Waals surface area contributed by atoms with Crippen molar-refractivity contribution in [2.75, 3.05) is 0 Å². The van der Waals surface area contributed by atoms with E-state index in [2.05, 4.69) is 10.3 Å². The summed E-state index contributed by atoms with van der Waals surface area (Å²) in [5, 5.41) is 8.38. The third kappa shape index (κ3) is 1.48. The van der Waals surface area contributed by atoms with Gasteiger partial charge >= 0.3 is 0 Å². The average molecular weight is 279 g/mol. The van der Waals surface area contributed by atoms with Gasteiger partial charge in [-0.25, -0.2) is 9.07 Å². The number of nitrogens with two attached hydrogens (primary N) is 1. The van der Waals surface area contributed by atoms with Crippen LogP contribution in [-0.2, 0) is 5.41 Å². The molecule has 2 N–H and O–H groups in total. The van der Waals surface area contributed by atoms with E-state index in [1.54, 1.807) is 10.7 Å². The average Bonchev–Trinajstić information content (AvgIpc) is 2.77. The number of halogens is 2. The van der Waals surface area contributed by atoms with Crippen molar-refractivity contribution in [3.05, 3.63) is 40.9 Å². The molecule has 6 heteroatoms. The first-order valence-corrected chi connectivity index (χ1v) is 6.55.